The third-order valence-electron chi connectivity index (χ3n) is 2.73. The van der Waals surface area contributed by atoms with Gasteiger partial charge in [-0.2, -0.15) is 5.26 Å². The van der Waals surface area contributed by atoms with E-state index in [4.69, 9.17) is 5.26 Å². The molecule has 2 rings (SSSR count). The quantitative estimate of drug-likeness (QED) is 0.789. The number of nitriles is 1. The third-order valence-corrected chi connectivity index (χ3v) is 2.73. The number of benzene rings is 1. The van der Waals surface area contributed by atoms with Crippen LogP contribution in [0.5, 0.6) is 0 Å². The normalized spacial score (nSPS) is 10.8. The molecule has 1 aromatic heterocycles. The summed E-state index contributed by atoms with van der Waals surface area (Å²) >= 11 is 0. The molecule has 0 aliphatic rings. The lowest BCUT2D eigenvalue weighted by molar-refractivity contribution is 0.868. The van der Waals surface area contributed by atoms with Gasteiger partial charge in [0.2, 0.25) is 0 Å². The largest absolute Gasteiger partial charge is 0.361 e. The zero-order chi connectivity index (χ0) is 10.8. The van der Waals surface area contributed by atoms with E-state index in [2.05, 4.69) is 43.1 Å². The Bertz CT molecular complexity index is 515. The number of aromatic nitrogens is 1. The Labute approximate surface area is 89.5 Å². The minimum Gasteiger partial charge on any atom is -0.361 e. The average Bonchev–Trinajstić information content (AvgIpc) is 2.61. The number of hydrogen-bond acceptors (Lipinski definition) is 1. The van der Waals surface area contributed by atoms with E-state index in [0.29, 0.717) is 12.3 Å². The fourth-order valence-electron chi connectivity index (χ4n) is 1.79. The monoisotopic (exact) mass is 198 g/mol. The molecule has 76 valence electrons. The van der Waals surface area contributed by atoms with Crippen molar-refractivity contribution in [3.8, 4) is 6.07 Å². The van der Waals surface area contributed by atoms with E-state index in [1.807, 2.05) is 6.20 Å². The maximum Gasteiger partial charge on any atom is 0.0670 e. The van der Waals surface area contributed by atoms with Gasteiger partial charge in [0.1, 0.15) is 0 Å². The van der Waals surface area contributed by atoms with Crippen LogP contribution in [-0.4, -0.2) is 4.98 Å². The lowest BCUT2D eigenvalue weighted by Crippen LogP contribution is -1.87. The minimum atomic E-state index is 0.474. The van der Waals surface area contributed by atoms with Gasteiger partial charge in [-0.3, -0.25) is 0 Å². The van der Waals surface area contributed by atoms with Crippen LogP contribution in [0, 0.1) is 11.3 Å². The van der Waals surface area contributed by atoms with Gasteiger partial charge in [0.05, 0.1) is 12.5 Å². The molecule has 0 atom stereocenters. The summed E-state index contributed by atoms with van der Waals surface area (Å²) in [5.41, 5.74) is 3.53. The van der Waals surface area contributed by atoms with Crippen LogP contribution in [0.1, 0.15) is 30.9 Å². The van der Waals surface area contributed by atoms with Gasteiger partial charge in [0, 0.05) is 17.1 Å². The molecule has 0 spiro atoms. The molecule has 1 heterocycles. The third kappa shape index (κ3) is 1.73. The topological polar surface area (TPSA) is 39.6 Å². The maximum absolute atomic E-state index is 8.71. The van der Waals surface area contributed by atoms with Crippen molar-refractivity contribution in [1.29, 1.82) is 5.26 Å². The van der Waals surface area contributed by atoms with Gasteiger partial charge >= 0.3 is 0 Å². The molecule has 0 saturated heterocycles. The molecule has 1 N–H and O–H groups in total. The highest BCUT2D eigenvalue weighted by Crippen LogP contribution is 2.23. The van der Waals surface area contributed by atoms with Crippen molar-refractivity contribution in [1.82, 2.24) is 4.98 Å². The van der Waals surface area contributed by atoms with E-state index in [-0.39, 0.29) is 0 Å². The Morgan fingerprint density at radius 1 is 1.40 bits per heavy atom. The van der Waals surface area contributed by atoms with Crippen LogP contribution in [0.3, 0.4) is 0 Å². The van der Waals surface area contributed by atoms with Crippen LogP contribution in [0.15, 0.2) is 24.4 Å². The molecule has 2 aromatic rings. The highest BCUT2D eigenvalue weighted by molar-refractivity contribution is 5.84. The molecule has 1 aromatic carbocycles. The number of H-pyrrole nitrogens is 1. The number of fused-ring (bicyclic) bond motifs is 1. The predicted molar refractivity (Wildman–Crippen MR) is 61.7 cm³/mol. The molecule has 15 heavy (non-hydrogen) atoms. The fourth-order valence-corrected chi connectivity index (χ4v) is 1.79. The first-order chi connectivity index (χ1) is 7.22. The van der Waals surface area contributed by atoms with Gasteiger partial charge < -0.3 is 4.98 Å². The zero-order valence-electron chi connectivity index (χ0n) is 9.04. The van der Waals surface area contributed by atoms with Crippen LogP contribution in [0.25, 0.3) is 10.9 Å². The first-order valence-electron chi connectivity index (χ1n) is 5.19. The number of aromatic amines is 1. The summed E-state index contributed by atoms with van der Waals surface area (Å²) in [6.07, 6.45) is 2.40. The average molecular weight is 198 g/mol. The van der Waals surface area contributed by atoms with Crippen molar-refractivity contribution >= 4 is 10.9 Å². The Kier molecular flexibility index (Phi) is 2.47. The minimum absolute atomic E-state index is 0.474. The summed E-state index contributed by atoms with van der Waals surface area (Å²) in [6.45, 7) is 4.36. The molecule has 2 heteroatoms. The number of hydrogen-bond donors (Lipinski definition) is 1. The summed E-state index contributed by atoms with van der Waals surface area (Å²) in [7, 11) is 0. The number of nitrogens with one attached hydrogen (secondary N) is 1. The Balaban J connectivity index is 2.57. The lowest BCUT2D eigenvalue weighted by Gasteiger charge is -2.05. The molecule has 0 fully saturated rings. The van der Waals surface area contributed by atoms with E-state index in [9.17, 15) is 0 Å². The van der Waals surface area contributed by atoms with Gasteiger partial charge in [-0.1, -0.05) is 19.9 Å². The van der Waals surface area contributed by atoms with Crippen LogP contribution < -0.4 is 0 Å². The van der Waals surface area contributed by atoms with Gasteiger partial charge in [-0.05, 0) is 29.2 Å². The summed E-state index contributed by atoms with van der Waals surface area (Å²) in [6, 6.07) is 8.60. The van der Waals surface area contributed by atoms with Crippen molar-refractivity contribution in [2.75, 3.05) is 0 Å². The summed E-state index contributed by atoms with van der Waals surface area (Å²) < 4.78 is 0. The van der Waals surface area contributed by atoms with Crippen molar-refractivity contribution in [2.24, 2.45) is 0 Å². The van der Waals surface area contributed by atoms with E-state index in [1.165, 1.54) is 10.9 Å². The smallest absolute Gasteiger partial charge is 0.0670 e. The van der Waals surface area contributed by atoms with E-state index in [0.717, 1.165) is 11.1 Å². The summed E-state index contributed by atoms with van der Waals surface area (Å²) in [4.78, 5) is 3.19. The van der Waals surface area contributed by atoms with Gasteiger partial charge in [-0.25, -0.2) is 0 Å². The Morgan fingerprint density at radius 3 is 2.87 bits per heavy atom. The van der Waals surface area contributed by atoms with Crippen LogP contribution >= 0.6 is 0 Å². The molecule has 2 nitrogen and oxygen atoms in total. The molecular formula is C13H14N2. The molecule has 0 saturated carbocycles. The first kappa shape index (κ1) is 9.79. The van der Waals surface area contributed by atoms with E-state index in [1.54, 1.807) is 0 Å². The standard InChI is InChI=1S/C13H14N2/c1-9(2)10-3-4-13-12(7-10)11(5-6-14)8-15-13/h3-4,7-9,15H,5H2,1-2H3. The fraction of sp³-hybridized carbons (Fsp3) is 0.308. The molecule has 0 bridgehead atoms. The lowest BCUT2D eigenvalue weighted by atomic mass is 10.00. The van der Waals surface area contributed by atoms with Crippen LogP contribution in [0.2, 0.25) is 0 Å². The molecule has 0 unspecified atom stereocenters. The van der Waals surface area contributed by atoms with Crippen LogP contribution in [0.4, 0.5) is 0 Å². The van der Waals surface area contributed by atoms with Crippen molar-refractivity contribution in [2.45, 2.75) is 26.2 Å². The SMILES string of the molecule is CC(C)c1ccc2[nH]cc(CC#N)c2c1. The maximum atomic E-state index is 8.71. The van der Waals surface area contributed by atoms with Gasteiger partial charge in [0.15, 0.2) is 0 Å². The number of rotatable bonds is 2. The second-order valence-electron chi connectivity index (χ2n) is 4.11. The highest BCUT2D eigenvalue weighted by Gasteiger charge is 2.05. The van der Waals surface area contributed by atoms with Crippen molar-refractivity contribution in [3.63, 3.8) is 0 Å². The molecule has 0 aliphatic carbocycles. The highest BCUT2D eigenvalue weighted by atomic mass is 14.7. The second kappa shape index (κ2) is 3.78. The van der Waals surface area contributed by atoms with E-state index < -0.39 is 0 Å². The zero-order valence-corrected chi connectivity index (χ0v) is 9.04. The Morgan fingerprint density at radius 2 is 2.20 bits per heavy atom. The molecule has 0 aliphatic heterocycles. The van der Waals surface area contributed by atoms with Crippen LogP contribution in [-0.2, 0) is 6.42 Å². The molecular weight excluding hydrogens is 184 g/mol. The van der Waals surface area contributed by atoms with E-state index >= 15 is 0 Å². The summed E-state index contributed by atoms with van der Waals surface area (Å²) in [5.74, 6) is 0.527. The Hall–Kier alpha value is -1.75. The summed E-state index contributed by atoms with van der Waals surface area (Å²) in [5, 5.41) is 9.90. The first-order valence-corrected chi connectivity index (χ1v) is 5.19. The van der Waals surface area contributed by atoms with Gasteiger partial charge in [0.25, 0.3) is 0 Å². The van der Waals surface area contributed by atoms with Gasteiger partial charge in [-0.15, -0.1) is 0 Å². The van der Waals surface area contributed by atoms with Crippen molar-refractivity contribution < 1.29 is 0 Å². The predicted octanol–water partition coefficient (Wildman–Crippen LogP) is 3.36. The molecule has 0 radical (unpaired) electrons. The van der Waals surface area contributed by atoms with Crippen molar-refractivity contribution in [3.05, 3.63) is 35.5 Å². The second-order valence-corrected chi connectivity index (χ2v) is 4.11. The number of nitrogens with zero attached hydrogens (tertiary/aromatic N) is 1. The molecule has 0 amide bonds.